The Morgan fingerprint density at radius 1 is 1.33 bits per heavy atom. The van der Waals surface area contributed by atoms with Crippen LogP contribution in [0.1, 0.15) is 12.8 Å². The van der Waals surface area contributed by atoms with E-state index in [9.17, 15) is 8.42 Å². The van der Waals surface area contributed by atoms with Gasteiger partial charge in [0.25, 0.3) is 6.20 Å². The first-order chi connectivity index (χ1) is 8.49. The Bertz CT molecular complexity index is 633. The van der Waals surface area contributed by atoms with Crippen molar-refractivity contribution in [2.24, 2.45) is 0 Å². The Morgan fingerprint density at radius 3 is 2.56 bits per heavy atom. The van der Waals surface area contributed by atoms with Crippen LogP contribution in [0.4, 0.5) is 0 Å². The molecule has 1 N–H and O–H groups in total. The quantitative estimate of drug-likeness (QED) is 0.663. The lowest BCUT2D eigenvalue weighted by Crippen LogP contribution is -2.46. The van der Waals surface area contributed by atoms with Gasteiger partial charge in [-0.1, -0.05) is 37.3 Å². The van der Waals surface area contributed by atoms with Crippen LogP contribution in [-0.2, 0) is 16.8 Å². The molecule has 0 saturated heterocycles. The zero-order chi connectivity index (χ0) is 13.2. The number of oxazole rings is 1. The summed E-state index contributed by atoms with van der Waals surface area (Å²) in [6.45, 7) is 1.78. The van der Waals surface area contributed by atoms with Crippen molar-refractivity contribution >= 4 is 10.4 Å². The summed E-state index contributed by atoms with van der Waals surface area (Å²) in [5.74, 6) is 0.738. The number of nitrogens with zero attached hydrogens (tertiary/aromatic N) is 1. The Labute approximate surface area is 104 Å². The standard InChI is InChI=1S/C11H11NO5S/c1-2-11-12(17-18(13,14)15)8-10(16-11)9-6-4-3-5-7-9/h3-8H,2H2,1H3/p+1. The van der Waals surface area contributed by atoms with E-state index in [1.807, 2.05) is 30.3 Å². The molecule has 0 bridgehead atoms. The fourth-order valence-corrected chi connectivity index (χ4v) is 1.83. The molecule has 0 unspecified atom stereocenters. The first-order valence-corrected chi connectivity index (χ1v) is 6.63. The predicted molar refractivity (Wildman–Crippen MR) is 61.8 cm³/mol. The zero-order valence-electron chi connectivity index (χ0n) is 9.61. The Balaban J connectivity index is 2.41. The lowest BCUT2D eigenvalue weighted by atomic mass is 10.2. The third-order valence-electron chi connectivity index (χ3n) is 2.24. The molecule has 0 spiro atoms. The second-order valence-corrected chi connectivity index (χ2v) is 4.54. The smallest absolute Gasteiger partial charge is 0.398 e. The number of hydrogen-bond donors (Lipinski definition) is 1. The molecule has 0 atom stereocenters. The summed E-state index contributed by atoms with van der Waals surface area (Å²) >= 11 is 0. The molecule has 0 aliphatic carbocycles. The third-order valence-corrected chi connectivity index (χ3v) is 2.59. The maximum atomic E-state index is 10.7. The van der Waals surface area contributed by atoms with Crippen molar-refractivity contribution in [3.8, 4) is 11.3 Å². The third kappa shape index (κ3) is 2.88. The molecule has 0 aliphatic heterocycles. The average molecular weight is 270 g/mol. The van der Waals surface area contributed by atoms with Crippen LogP contribution in [0.2, 0.25) is 0 Å². The van der Waals surface area contributed by atoms with Gasteiger partial charge in [-0.15, -0.1) is 4.28 Å². The lowest BCUT2D eigenvalue weighted by Gasteiger charge is -1.90. The van der Waals surface area contributed by atoms with E-state index in [0.717, 1.165) is 10.3 Å². The van der Waals surface area contributed by atoms with Gasteiger partial charge in [-0.25, -0.2) is 0 Å². The van der Waals surface area contributed by atoms with Crippen molar-refractivity contribution in [1.82, 2.24) is 0 Å². The molecule has 1 heterocycles. The summed E-state index contributed by atoms with van der Waals surface area (Å²) in [5.41, 5.74) is 0.782. The maximum Gasteiger partial charge on any atom is 0.500 e. The van der Waals surface area contributed by atoms with Crippen molar-refractivity contribution in [2.45, 2.75) is 13.3 Å². The number of benzene rings is 1. The molecular formula is C11H12NO5S+. The van der Waals surface area contributed by atoms with Gasteiger partial charge in [0.2, 0.25) is 5.76 Å². The number of aromatic nitrogens is 1. The van der Waals surface area contributed by atoms with Crippen LogP contribution < -0.4 is 9.01 Å². The molecule has 7 heteroatoms. The van der Waals surface area contributed by atoms with Crippen molar-refractivity contribution < 1.29 is 26.4 Å². The van der Waals surface area contributed by atoms with E-state index in [-0.39, 0.29) is 5.89 Å². The van der Waals surface area contributed by atoms with E-state index in [4.69, 9.17) is 8.97 Å². The van der Waals surface area contributed by atoms with Gasteiger partial charge >= 0.3 is 16.3 Å². The molecular weight excluding hydrogens is 258 g/mol. The first kappa shape index (κ1) is 12.6. The molecule has 96 valence electrons. The van der Waals surface area contributed by atoms with Gasteiger partial charge in [0.05, 0.1) is 11.2 Å². The fourth-order valence-electron chi connectivity index (χ4n) is 1.51. The van der Waals surface area contributed by atoms with Crippen LogP contribution in [0.5, 0.6) is 0 Å². The Morgan fingerprint density at radius 2 is 2.00 bits per heavy atom. The van der Waals surface area contributed by atoms with Gasteiger partial charge in [-0.05, 0) is 0 Å². The van der Waals surface area contributed by atoms with E-state index < -0.39 is 10.4 Å². The number of hydrogen-bond acceptors (Lipinski definition) is 4. The van der Waals surface area contributed by atoms with Crippen LogP contribution in [0, 0.1) is 0 Å². The van der Waals surface area contributed by atoms with Crippen LogP contribution >= 0.6 is 0 Å². The highest BCUT2D eigenvalue weighted by Gasteiger charge is 2.26. The van der Waals surface area contributed by atoms with Crippen LogP contribution in [-0.4, -0.2) is 13.0 Å². The van der Waals surface area contributed by atoms with Crippen LogP contribution in [0.3, 0.4) is 0 Å². The molecule has 0 radical (unpaired) electrons. The van der Waals surface area contributed by atoms with Crippen LogP contribution in [0.25, 0.3) is 11.3 Å². The van der Waals surface area contributed by atoms with Crippen molar-refractivity contribution in [3.05, 3.63) is 42.4 Å². The van der Waals surface area contributed by atoms with E-state index in [2.05, 4.69) is 4.28 Å². The minimum atomic E-state index is -4.58. The Kier molecular flexibility index (Phi) is 3.35. The Hall–Kier alpha value is -1.86. The molecule has 0 fully saturated rings. The summed E-state index contributed by atoms with van der Waals surface area (Å²) in [5, 5.41) is 0. The van der Waals surface area contributed by atoms with E-state index in [0.29, 0.717) is 12.2 Å². The summed E-state index contributed by atoms with van der Waals surface area (Å²) in [6, 6.07) is 9.15. The van der Waals surface area contributed by atoms with Gasteiger partial charge in [0.1, 0.15) is 0 Å². The normalized spacial score (nSPS) is 11.4. The largest absolute Gasteiger partial charge is 0.500 e. The topological polar surface area (TPSA) is 80.6 Å². The highest BCUT2D eigenvalue weighted by atomic mass is 32.3. The molecule has 18 heavy (non-hydrogen) atoms. The second kappa shape index (κ2) is 4.79. The van der Waals surface area contributed by atoms with Crippen LogP contribution in [0.15, 0.2) is 40.9 Å². The number of aryl methyl sites for hydroxylation is 1. The highest BCUT2D eigenvalue weighted by molar-refractivity contribution is 7.80. The molecule has 0 saturated carbocycles. The van der Waals surface area contributed by atoms with E-state index >= 15 is 0 Å². The molecule has 2 aromatic rings. The van der Waals surface area contributed by atoms with Gasteiger partial charge in [-0.3, -0.25) is 4.55 Å². The molecule has 1 aromatic heterocycles. The van der Waals surface area contributed by atoms with E-state index in [1.165, 1.54) is 6.20 Å². The van der Waals surface area contributed by atoms with Gasteiger partial charge in [0, 0.05) is 5.56 Å². The summed E-state index contributed by atoms with van der Waals surface area (Å²) < 4.78 is 40.8. The molecule has 1 aromatic carbocycles. The van der Waals surface area contributed by atoms with Gasteiger partial charge in [-0.2, -0.15) is 8.42 Å². The maximum absolute atomic E-state index is 10.7. The SMILES string of the molecule is CCc1oc(-c2ccccc2)c[n+]1OS(=O)(=O)O. The summed E-state index contributed by atoms with van der Waals surface area (Å²) in [4.78, 5) is 0. The monoisotopic (exact) mass is 270 g/mol. The lowest BCUT2D eigenvalue weighted by molar-refractivity contribution is -0.864. The molecule has 0 amide bonds. The molecule has 0 aliphatic rings. The summed E-state index contributed by atoms with van der Waals surface area (Å²) in [7, 11) is -4.58. The second-order valence-electron chi connectivity index (χ2n) is 3.54. The first-order valence-electron chi connectivity index (χ1n) is 5.27. The minimum absolute atomic E-state index is 0.284. The number of rotatable bonds is 4. The van der Waals surface area contributed by atoms with Gasteiger partial charge in [0.15, 0.2) is 0 Å². The van der Waals surface area contributed by atoms with Crippen molar-refractivity contribution in [2.75, 3.05) is 0 Å². The average Bonchev–Trinajstić information content (AvgIpc) is 2.71. The zero-order valence-corrected chi connectivity index (χ0v) is 10.4. The van der Waals surface area contributed by atoms with Crippen molar-refractivity contribution in [1.29, 1.82) is 0 Å². The molecule has 6 nitrogen and oxygen atoms in total. The van der Waals surface area contributed by atoms with Crippen molar-refractivity contribution in [3.63, 3.8) is 0 Å². The molecule has 2 rings (SSSR count). The fraction of sp³-hybridized carbons (Fsp3) is 0.182. The highest BCUT2D eigenvalue weighted by Crippen LogP contribution is 2.18. The summed E-state index contributed by atoms with van der Waals surface area (Å²) in [6.07, 6.45) is 1.78. The minimum Gasteiger partial charge on any atom is -0.398 e. The predicted octanol–water partition coefficient (Wildman–Crippen LogP) is 1.03. The van der Waals surface area contributed by atoms with E-state index in [1.54, 1.807) is 6.92 Å². The van der Waals surface area contributed by atoms with Gasteiger partial charge < -0.3 is 4.42 Å².